The van der Waals surface area contributed by atoms with Gasteiger partial charge in [0.1, 0.15) is 0 Å². The van der Waals surface area contributed by atoms with E-state index in [2.05, 4.69) is 47.6 Å². The van der Waals surface area contributed by atoms with Gasteiger partial charge in [-0.3, -0.25) is 0 Å². The van der Waals surface area contributed by atoms with Crippen molar-refractivity contribution in [1.82, 2.24) is 4.90 Å². The molecule has 0 radical (unpaired) electrons. The Morgan fingerprint density at radius 1 is 1.17 bits per heavy atom. The lowest BCUT2D eigenvalue weighted by Crippen LogP contribution is -2.52. The highest BCUT2D eigenvalue weighted by Crippen LogP contribution is 2.29. The minimum Gasteiger partial charge on any atom is -0.388 e. The van der Waals surface area contributed by atoms with E-state index in [-0.39, 0.29) is 0 Å². The summed E-state index contributed by atoms with van der Waals surface area (Å²) >= 11 is 4.43. The van der Waals surface area contributed by atoms with Crippen molar-refractivity contribution in [2.45, 2.75) is 49.5 Å². The Kier molecular flexibility index (Phi) is 5.55. The van der Waals surface area contributed by atoms with Crippen molar-refractivity contribution < 1.29 is 5.11 Å². The fourth-order valence-electron chi connectivity index (χ4n) is 4.00. The SMILES string of the molecule is CCC1CCN(CC2(O)CCN(c3cccc(S)c3)CC2)CC1. The molecule has 0 bridgehead atoms. The molecule has 1 aromatic rings. The Bertz CT molecular complexity index is 506. The van der Waals surface area contributed by atoms with Crippen molar-refractivity contribution in [3.8, 4) is 0 Å². The van der Waals surface area contributed by atoms with Crippen LogP contribution in [0, 0.1) is 5.92 Å². The molecule has 0 unspecified atom stereocenters. The summed E-state index contributed by atoms with van der Waals surface area (Å²) in [6.07, 6.45) is 5.62. The molecule has 2 saturated heterocycles. The third kappa shape index (κ3) is 4.43. The van der Waals surface area contributed by atoms with E-state index in [1.54, 1.807) is 0 Å². The summed E-state index contributed by atoms with van der Waals surface area (Å²) < 4.78 is 0. The van der Waals surface area contributed by atoms with Gasteiger partial charge in [0.15, 0.2) is 0 Å². The van der Waals surface area contributed by atoms with Crippen LogP contribution in [-0.4, -0.2) is 48.3 Å². The molecule has 2 heterocycles. The first kappa shape index (κ1) is 17.1. The van der Waals surface area contributed by atoms with Crippen molar-refractivity contribution >= 4 is 18.3 Å². The van der Waals surface area contributed by atoms with Crippen molar-refractivity contribution in [2.24, 2.45) is 5.92 Å². The fraction of sp³-hybridized carbons (Fsp3) is 0.684. The number of likely N-dealkylation sites (tertiary alicyclic amines) is 1. The lowest BCUT2D eigenvalue weighted by Gasteiger charge is -2.43. The van der Waals surface area contributed by atoms with E-state index in [4.69, 9.17) is 0 Å². The van der Waals surface area contributed by atoms with Gasteiger partial charge in [-0.25, -0.2) is 0 Å². The van der Waals surface area contributed by atoms with Gasteiger partial charge >= 0.3 is 0 Å². The second-order valence-corrected chi connectivity index (χ2v) is 7.88. The molecule has 23 heavy (non-hydrogen) atoms. The Balaban J connectivity index is 1.51. The van der Waals surface area contributed by atoms with Gasteiger partial charge in [0.25, 0.3) is 0 Å². The average molecular weight is 335 g/mol. The van der Waals surface area contributed by atoms with Gasteiger partial charge in [0, 0.05) is 30.2 Å². The standard InChI is InChI=1S/C19H30N2OS/c1-2-16-6-10-20(11-7-16)15-19(22)8-12-21(13-9-19)17-4-3-5-18(23)14-17/h3-5,14,16,22-23H,2,6-13,15H2,1H3. The number of hydrogen-bond acceptors (Lipinski definition) is 4. The minimum atomic E-state index is -0.506. The van der Waals surface area contributed by atoms with Crippen LogP contribution in [0.5, 0.6) is 0 Å². The van der Waals surface area contributed by atoms with Crippen molar-refractivity contribution in [1.29, 1.82) is 0 Å². The van der Waals surface area contributed by atoms with Crippen LogP contribution in [0.3, 0.4) is 0 Å². The van der Waals surface area contributed by atoms with Crippen molar-refractivity contribution in [3.05, 3.63) is 24.3 Å². The molecule has 2 aliphatic rings. The number of rotatable bonds is 4. The molecule has 0 aromatic heterocycles. The zero-order chi connectivity index (χ0) is 16.3. The summed E-state index contributed by atoms with van der Waals surface area (Å²) in [6, 6.07) is 8.31. The molecule has 2 aliphatic heterocycles. The largest absolute Gasteiger partial charge is 0.388 e. The van der Waals surface area contributed by atoms with Crippen LogP contribution in [0.25, 0.3) is 0 Å². The third-order valence-electron chi connectivity index (χ3n) is 5.69. The predicted molar refractivity (Wildman–Crippen MR) is 99.5 cm³/mol. The highest BCUT2D eigenvalue weighted by atomic mass is 32.1. The maximum Gasteiger partial charge on any atom is 0.0807 e. The molecular weight excluding hydrogens is 304 g/mol. The quantitative estimate of drug-likeness (QED) is 0.826. The highest BCUT2D eigenvalue weighted by molar-refractivity contribution is 7.80. The van der Waals surface area contributed by atoms with E-state index in [0.29, 0.717) is 0 Å². The topological polar surface area (TPSA) is 26.7 Å². The second kappa shape index (κ2) is 7.45. The Hall–Kier alpha value is -0.710. The van der Waals surface area contributed by atoms with Gasteiger partial charge in [-0.2, -0.15) is 0 Å². The normalized spacial score (nSPS) is 23.2. The average Bonchev–Trinajstić information content (AvgIpc) is 2.56. The number of nitrogens with zero attached hydrogens (tertiary/aromatic N) is 2. The van der Waals surface area contributed by atoms with Crippen LogP contribution in [0.1, 0.15) is 39.0 Å². The minimum absolute atomic E-state index is 0.506. The Labute approximate surface area is 146 Å². The molecule has 0 spiro atoms. The zero-order valence-electron chi connectivity index (χ0n) is 14.2. The van der Waals surface area contributed by atoms with E-state index < -0.39 is 5.60 Å². The summed E-state index contributed by atoms with van der Waals surface area (Å²) in [6.45, 7) is 7.32. The number of anilines is 1. The number of β-amino-alcohol motifs (C(OH)–C–C–N with tert-alkyl or cyclic N) is 1. The van der Waals surface area contributed by atoms with Gasteiger partial charge in [-0.05, 0) is 62.9 Å². The Morgan fingerprint density at radius 2 is 1.87 bits per heavy atom. The maximum absolute atomic E-state index is 11.0. The van der Waals surface area contributed by atoms with E-state index in [1.807, 2.05) is 6.07 Å². The van der Waals surface area contributed by atoms with E-state index in [0.717, 1.165) is 56.4 Å². The molecule has 0 amide bonds. The number of benzene rings is 1. The molecule has 1 N–H and O–H groups in total. The molecule has 1 aromatic carbocycles. The van der Waals surface area contributed by atoms with Crippen LogP contribution in [-0.2, 0) is 0 Å². The Morgan fingerprint density at radius 3 is 2.48 bits per heavy atom. The van der Waals surface area contributed by atoms with Crippen molar-refractivity contribution in [2.75, 3.05) is 37.6 Å². The van der Waals surface area contributed by atoms with Gasteiger partial charge < -0.3 is 14.9 Å². The number of hydrogen-bond donors (Lipinski definition) is 2. The molecule has 2 fully saturated rings. The van der Waals surface area contributed by atoms with Crippen LogP contribution >= 0.6 is 12.6 Å². The van der Waals surface area contributed by atoms with Crippen LogP contribution in [0.4, 0.5) is 5.69 Å². The molecule has 4 heteroatoms. The first-order chi connectivity index (χ1) is 11.1. The van der Waals surface area contributed by atoms with Gasteiger partial charge in [0.05, 0.1) is 5.60 Å². The lowest BCUT2D eigenvalue weighted by atomic mass is 9.88. The number of thiol groups is 1. The van der Waals surface area contributed by atoms with Crippen LogP contribution < -0.4 is 4.90 Å². The van der Waals surface area contributed by atoms with Crippen LogP contribution in [0.2, 0.25) is 0 Å². The predicted octanol–water partition coefficient (Wildman–Crippen LogP) is 3.43. The summed E-state index contributed by atoms with van der Waals surface area (Å²) in [5, 5.41) is 11.0. The first-order valence-corrected chi connectivity index (χ1v) is 9.51. The zero-order valence-corrected chi connectivity index (χ0v) is 15.1. The molecule has 0 saturated carbocycles. The summed E-state index contributed by atoms with van der Waals surface area (Å²) in [4.78, 5) is 5.86. The maximum atomic E-state index is 11.0. The summed E-state index contributed by atoms with van der Waals surface area (Å²) in [5.41, 5.74) is 0.719. The van der Waals surface area contributed by atoms with E-state index >= 15 is 0 Å². The smallest absolute Gasteiger partial charge is 0.0807 e. The molecule has 0 aliphatic carbocycles. The highest BCUT2D eigenvalue weighted by Gasteiger charge is 2.35. The van der Waals surface area contributed by atoms with E-state index in [9.17, 15) is 5.11 Å². The van der Waals surface area contributed by atoms with Gasteiger partial charge in [-0.15, -0.1) is 12.6 Å². The molecule has 128 valence electrons. The van der Waals surface area contributed by atoms with Gasteiger partial charge in [0.2, 0.25) is 0 Å². The van der Waals surface area contributed by atoms with Gasteiger partial charge in [-0.1, -0.05) is 19.4 Å². The summed E-state index contributed by atoms with van der Waals surface area (Å²) in [7, 11) is 0. The summed E-state index contributed by atoms with van der Waals surface area (Å²) in [5.74, 6) is 0.899. The second-order valence-electron chi connectivity index (χ2n) is 7.36. The number of aliphatic hydroxyl groups is 1. The third-order valence-corrected chi connectivity index (χ3v) is 5.97. The van der Waals surface area contributed by atoms with Crippen LogP contribution in [0.15, 0.2) is 29.2 Å². The first-order valence-electron chi connectivity index (χ1n) is 9.07. The monoisotopic (exact) mass is 334 g/mol. The lowest BCUT2D eigenvalue weighted by molar-refractivity contribution is -0.0235. The molecule has 3 nitrogen and oxygen atoms in total. The van der Waals surface area contributed by atoms with Crippen molar-refractivity contribution in [3.63, 3.8) is 0 Å². The molecular formula is C19H30N2OS. The molecule has 0 atom stereocenters. The number of piperidine rings is 2. The van der Waals surface area contributed by atoms with E-state index in [1.165, 1.54) is 24.9 Å². The molecule has 3 rings (SSSR count). The fourth-order valence-corrected chi connectivity index (χ4v) is 4.22.